The van der Waals surface area contributed by atoms with Crippen molar-refractivity contribution in [2.75, 3.05) is 6.61 Å². The highest BCUT2D eigenvalue weighted by Crippen LogP contribution is 2.69. The molecule has 0 spiro atoms. The number of aliphatic hydroxyl groups is 2. The fourth-order valence-electron chi connectivity index (χ4n) is 7.53. The maximum atomic E-state index is 17.4. The van der Waals surface area contributed by atoms with Gasteiger partial charge < -0.3 is 14.9 Å². The Morgan fingerprint density at radius 3 is 2.70 bits per heavy atom. The van der Waals surface area contributed by atoms with E-state index in [1.54, 1.807) is 19.9 Å². The SMILES string of the molecule is CCC(=O)O[C@H]1[C@H](C)C[C@H]2[C@@H]3CCC4=CC(=O)C(CC#CCO)=C[C@]4(C)[C@@]3(F)[C@@H](O)C[C@@]21C. The number of carbonyl (C=O) groups excluding carboxylic acids is 2. The number of alkyl halides is 1. The molecule has 0 heterocycles. The molecule has 5 nitrogen and oxygen atoms in total. The van der Waals surface area contributed by atoms with Gasteiger partial charge in [-0.2, -0.15) is 0 Å². The topological polar surface area (TPSA) is 83.8 Å². The van der Waals surface area contributed by atoms with E-state index >= 15 is 4.39 Å². The van der Waals surface area contributed by atoms with Gasteiger partial charge in [0.2, 0.25) is 0 Å². The molecule has 0 amide bonds. The fraction of sp³-hybridized carbons (Fsp3) is 0.704. The van der Waals surface area contributed by atoms with Crippen LogP contribution in [0.1, 0.15) is 66.2 Å². The number of hydrogen-bond acceptors (Lipinski definition) is 5. The van der Waals surface area contributed by atoms with Crippen LogP contribution < -0.4 is 0 Å². The molecule has 0 aromatic carbocycles. The van der Waals surface area contributed by atoms with Crippen molar-refractivity contribution in [3.63, 3.8) is 0 Å². The van der Waals surface area contributed by atoms with Crippen LogP contribution >= 0.6 is 0 Å². The number of hydrogen-bond donors (Lipinski definition) is 2. The Balaban J connectivity index is 1.74. The molecule has 3 saturated carbocycles. The molecule has 0 radical (unpaired) electrons. The summed E-state index contributed by atoms with van der Waals surface area (Å²) in [5.41, 5.74) is -2.39. The highest BCUT2D eigenvalue weighted by molar-refractivity contribution is 6.06. The second-order valence-corrected chi connectivity index (χ2v) is 10.8. The zero-order chi connectivity index (χ0) is 24.2. The molecular weight excluding hydrogens is 423 g/mol. The van der Waals surface area contributed by atoms with Gasteiger partial charge in [-0.3, -0.25) is 9.59 Å². The van der Waals surface area contributed by atoms with E-state index in [2.05, 4.69) is 18.8 Å². The first-order chi connectivity index (χ1) is 15.5. The quantitative estimate of drug-likeness (QED) is 0.498. The molecule has 4 rings (SSSR count). The Morgan fingerprint density at radius 1 is 1.30 bits per heavy atom. The molecule has 180 valence electrons. The van der Waals surface area contributed by atoms with E-state index in [0.717, 1.165) is 12.0 Å². The summed E-state index contributed by atoms with van der Waals surface area (Å²) in [5.74, 6) is 4.53. The lowest BCUT2D eigenvalue weighted by atomic mass is 9.45. The summed E-state index contributed by atoms with van der Waals surface area (Å²) in [6.07, 6.45) is 4.17. The molecule has 8 atom stereocenters. The van der Waals surface area contributed by atoms with Crippen LogP contribution in [0.25, 0.3) is 0 Å². The van der Waals surface area contributed by atoms with E-state index in [9.17, 15) is 14.7 Å². The van der Waals surface area contributed by atoms with Crippen molar-refractivity contribution in [1.82, 2.24) is 0 Å². The molecule has 33 heavy (non-hydrogen) atoms. The van der Waals surface area contributed by atoms with E-state index in [-0.39, 0.29) is 55.6 Å². The van der Waals surface area contributed by atoms with Crippen molar-refractivity contribution >= 4 is 11.8 Å². The third-order valence-electron chi connectivity index (χ3n) is 9.09. The minimum absolute atomic E-state index is 0.0300. The fourth-order valence-corrected chi connectivity index (χ4v) is 7.53. The van der Waals surface area contributed by atoms with E-state index in [0.29, 0.717) is 18.4 Å². The first-order valence-corrected chi connectivity index (χ1v) is 12.1. The van der Waals surface area contributed by atoms with Crippen LogP contribution in [0.3, 0.4) is 0 Å². The molecule has 0 aromatic heterocycles. The Bertz CT molecular complexity index is 973. The van der Waals surface area contributed by atoms with Crippen LogP contribution in [0.15, 0.2) is 23.3 Å². The highest BCUT2D eigenvalue weighted by atomic mass is 19.1. The van der Waals surface area contributed by atoms with Crippen LogP contribution in [0.2, 0.25) is 0 Å². The summed E-state index contributed by atoms with van der Waals surface area (Å²) in [6, 6.07) is 0. The molecule has 6 heteroatoms. The number of aliphatic hydroxyl groups excluding tert-OH is 2. The minimum Gasteiger partial charge on any atom is -0.461 e. The third kappa shape index (κ3) is 3.42. The monoisotopic (exact) mass is 458 g/mol. The number of rotatable bonds is 3. The summed E-state index contributed by atoms with van der Waals surface area (Å²) in [7, 11) is 0. The second-order valence-electron chi connectivity index (χ2n) is 10.8. The van der Waals surface area contributed by atoms with Crippen LogP contribution in [0, 0.1) is 40.4 Å². The number of halogens is 1. The molecule has 0 bridgehead atoms. The molecule has 3 fully saturated rings. The highest BCUT2D eigenvalue weighted by Gasteiger charge is 2.71. The van der Waals surface area contributed by atoms with Gasteiger partial charge in [-0.15, -0.1) is 0 Å². The van der Waals surface area contributed by atoms with Crippen LogP contribution in [-0.4, -0.2) is 46.4 Å². The summed E-state index contributed by atoms with van der Waals surface area (Å²) >= 11 is 0. The van der Waals surface area contributed by atoms with Crippen molar-refractivity contribution in [2.24, 2.45) is 28.6 Å². The van der Waals surface area contributed by atoms with Gasteiger partial charge >= 0.3 is 5.97 Å². The molecular formula is C27H35FO5. The van der Waals surface area contributed by atoms with Gasteiger partial charge in [0.1, 0.15) is 12.7 Å². The number of ether oxygens (including phenoxy) is 1. The van der Waals surface area contributed by atoms with E-state index in [1.807, 2.05) is 6.92 Å². The number of fused-ring (bicyclic) bond motifs is 5. The predicted octanol–water partition coefficient (Wildman–Crippen LogP) is 3.68. The first kappa shape index (κ1) is 24.2. The molecule has 0 aliphatic heterocycles. The Kier molecular flexibility index (Phi) is 6.12. The first-order valence-electron chi connectivity index (χ1n) is 12.1. The summed E-state index contributed by atoms with van der Waals surface area (Å²) in [4.78, 5) is 24.8. The number of carbonyl (C=O) groups is 2. The van der Waals surface area contributed by atoms with Gasteiger partial charge in [0.25, 0.3) is 0 Å². The lowest BCUT2D eigenvalue weighted by molar-refractivity contribution is -0.207. The summed E-state index contributed by atoms with van der Waals surface area (Å²) in [6.45, 7) is 7.36. The van der Waals surface area contributed by atoms with Crippen LogP contribution in [0.4, 0.5) is 4.39 Å². The van der Waals surface area contributed by atoms with Crippen molar-refractivity contribution in [1.29, 1.82) is 0 Å². The molecule has 4 aliphatic rings. The average molecular weight is 459 g/mol. The van der Waals surface area contributed by atoms with E-state index in [1.165, 1.54) is 6.08 Å². The molecule has 4 aliphatic carbocycles. The van der Waals surface area contributed by atoms with Crippen molar-refractivity contribution < 1.29 is 28.9 Å². The number of esters is 1. The lowest BCUT2D eigenvalue weighted by Crippen LogP contribution is -2.67. The number of allylic oxidation sites excluding steroid dienone is 4. The van der Waals surface area contributed by atoms with Crippen LogP contribution in [0.5, 0.6) is 0 Å². The van der Waals surface area contributed by atoms with Crippen molar-refractivity contribution in [3.8, 4) is 11.8 Å². The Hall–Kier alpha value is -1.97. The van der Waals surface area contributed by atoms with E-state index in [4.69, 9.17) is 9.84 Å². The van der Waals surface area contributed by atoms with Crippen LogP contribution in [-0.2, 0) is 14.3 Å². The second kappa shape index (κ2) is 8.36. The van der Waals surface area contributed by atoms with Gasteiger partial charge in [-0.25, -0.2) is 4.39 Å². The normalized spacial score (nSPS) is 43.8. The molecule has 0 saturated heterocycles. The van der Waals surface area contributed by atoms with Gasteiger partial charge in [-0.05, 0) is 50.5 Å². The van der Waals surface area contributed by atoms with E-state index < -0.39 is 28.5 Å². The van der Waals surface area contributed by atoms with Crippen molar-refractivity contribution in [2.45, 2.75) is 84.1 Å². The van der Waals surface area contributed by atoms with Gasteiger partial charge in [-0.1, -0.05) is 44.3 Å². The summed E-state index contributed by atoms with van der Waals surface area (Å²) < 4.78 is 23.2. The van der Waals surface area contributed by atoms with Gasteiger partial charge in [0.05, 0.1) is 6.10 Å². The molecule has 0 unspecified atom stereocenters. The van der Waals surface area contributed by atoms with Gasteiger partial charge in [0.15, 0.2) is 11.5 Å². The lowest BCUT2D eigenvalue weighted by Gasteiger charge is -2.61. The van der Waals surface area contributed by atoms with Crippen molar-refractivity contribution in [3.05, 3.63) is 23.3 Å². The average Bonchev–Trinajstić information content (AvgIpc) is 3.00. The largest absolute Gasteiger partial charge is 0.461 e. The standard InChI is InChI=1S/C27H35FO5/c1-5-23(32)33-24-16(2)12-20-19-10-9-18-13-21(30)17(8-6-7-11-29)14-26(18,4)27(19,28)22(31)15-25(20,24)3/h13-14,16,19-20,22,24,29,31H,5,8-12,15H2,1-4H3/t16-,19+,20+,22+,24+,25+,26+,27+/m1/s1. The number of ketones is 1. The smallest absolute Gasteiger partial charge is 0.305 e. The maximum Gasteiger partial charge on any atom is 0.305 e. The molecule has 2 N–H and O–H groups in total. The van der Waals surface area contributed by atoms with Gasteiger partial charge in [0, 0.05) is 35.2 Å². The zero-order valence-electron chi connectivity index (χ0n) is 20.0. The Labute approximate surface area is 195 Å². The third-order valence-corrected chi connectivity index (χ3v) is 9.09. The Morgan fingerprint density at radius 2 is 2.03 bits per heavy atom. The minimum atomic E-state index is -1.93. The summed E-state index contributed by atoms with van der Waals surface area (Å²) in [5, 5.41) is 20.4. The maximum absolute atomic E-state index is 17.4. The predicted molar refractivity (Wildman–Crippen MR) is 121 cm³/mol. The molecule has 0 aromatic rings. The zero-order valence-corrected chi connectivity index (χ0v) is 20.0.